The van der Waals surface area contributed by atoms with Gasteiger partial charge in [-0.3, -0.25) is 4.79 Å². The molecule has 0 radical (unpaired) electrons. The summed E-state index contributed by atoms with van der Waals surface area (Å²) in [7, 11) is 0. The number of ether oxygens (including phenoxy) is 1. The third kappa shape index (κ3) is 2.42. The van der Waals surface area contributed by atoms with Gasteiger partial charge in [0.2, 0.25) is 0 Å². The van der Waals surface area contributed by atoms with Crippen LogP contribution in [0, 0.1) is 12.7 Å². The second kappa shape index (κ2) is 5.49. The van der Waals surface area contributed by atoms with Crippen molar-refractivity contribution < 1.29 is 18.4 Å². The first-order valence-electron chi connectivity index (χ1n) is 7.41. The average molecular weight is 324 g/mol. The van der Waals surface area contributed by atoms with Crippen LogP contribution in [0.3, 0.4) is 0 Å². The summed E-state index contributed by atoms with van der Waals surface area (Å²) in [4.78, 5) is 11.4. The van der Waals surface area contributed by atoms with Crippen LogP contribution < -0.4 is 10.1 Å². The van der Waals surface area contributed by atoms with Crippen LogP contribution in [0.5, 0.6) is 5.75 Å². The lowest BCUT2D eigenvalue weighted by Crippen LogP contribution is -2.25. The normalized spacial score (nSPS) is 13.2. The Hall–Kier alpha value is -3.15. The van der Waals surface area contributed by atoms with Gasteiger partial charge in [0, 0.05) is 5.56 Å². The number of halogens is 1. The van der Waals surface area contributed by atoms with Crippen LogP contribution in [0.15, 0.2) is 47.0 Å². The van der Waals surface area contributed by atoms with E-state index in [4.69, 9.17) is 9.26 Å². The molecule has 1 aromatic heterocycles. The van der Waals surface area contributed by atoms with E-state index in [-0.39, 0.29) is 18.3 Å². The smallest absolute Gasteiger partial charge is 0.262 e. The summed E-state index contributed by atoms with van der Waals surface area (Å²) >= 11 is 0. The number of amides is 1. The molecule has 2 aromatic carbocycles. The van der Waals surface area contributed by atoms with Gasteiger partial charge in [0.25, 0.3) is 5.91 Å². The zero-order valence-corrected chi connectivity index (χ0v) is 12.8. The van der Waals surface area contributed by atoms with Crippen molar-refractivity contribution in [2.45, 2.75) is 6.92 Å². The molecule has 3 aromatic rings. The van der Waals surface area contributed by atoms with Crippen molar-refractivity contribution in [2.24, 2.45) is 0 Å². The summed E-state index contributed by atoms with van der Waals surface area (Å²) in [6.07, 6.45) is 0. The van der Waals surface area contributed by atoms with Gasteiger partial charge in [0.15, 0.2) is 6.61 Å². The first-order valence-corrected chi connectivity index (χ1v) is 7.41. The fraction of sp³-hybridized carbons (Fsp3) is 0.111. The predicted octanol–water partition coefficient (Wildman–Crippen LogP) is 3.79. The number of nitrogens with zero attached hydrogens (tertiary/aromatic N) is 1. The zero-order chi connectivity index (χ0) is 16.7. The second-order valence-electron chi connectivity index (χ2n) is 5.52. The summed E-state index contributed by atoms with van der Waals surface area (Å²) in [5, 5.41) is 6.86. The summed E-state index contributed by atoms with van der Waals surface area (Å²) in [5.74, 6) is 0.758. The molecule has 0 aliphatic carbocycles. The molecule has 0 atom stereocenters. The van der Waals surface area contributed by atoms with Crippen molar-refractivity contribution >= 4 is 11.6 Å². The van der Waals surface area contributed by atoms with Gasteiger partial charge in [-0.05, 0) is 48.9 Å². The molecule has 0 spiro atoms. The first kappa shape index (κ1) is 14.4. The second-order valence-corrected chi connectivity index (χ2v) is 5.52. The van der Waals surface area contributed by atoms with Crippen molar-refractivity contribution in [1.82, 2.24) is 5.16 Å². The maximum atomic E-state index is 13.2. The van der Waals surface area contributed by atoms with Gasteiger partial charge in [-0.15, -0.1) is 0 Å². The highest BCUT2D eigenvalue weighted by molar-refractivity contribution is 5.96. The Labute approximate surface area is 137 Å². The number of rotatable bonds is 2. The topological polar surface area (TPSA) is 64.4 Å². The van der Waals surface area contributed by atoms with Gasteiger partial charge in [-0.25, -0.2) is 4.39 Å². The first-order chi connectivity index (χ1) is 11.6. The number of carbonyl (C=O) groups excluding carboxylic acids is 1. The third-order valence-electron chi connectivity index (χ3n) is 3.88. The van der Waals surface area contributed by atoms with Crippen LogP contribution in [0.4, 0.5) is 10.1 Å². The number of benzene rings is 2. The van der Waals surface area contributed by atoms with Gasteiger partial charge < -0.3 is 14.6 Å². The quantitative estimate of drug-likeness (QED) is 0.779. The molecule has 0 bridgehead atoms. The Kier molecular flexibility index (Phi) is 3.30. The van der Waals surface area contributed by atoms with Gasteiger partial charge in [-0.1, -0.05) is 11.2 Å². The number of carbonyl (C=O) groups is 1. The summed E-state index contributed by atoms with van der Waals surface area (Å²) in [5.41, 5.74) is 3.68. The van der Waals surface area contributed by atoms with Crippen LogP contribution in [-0.2, 0) is 4.79 Å². The van der Waals surface area contributed by atoms with Crippen molar-refractivity contribution in [1.29, 1.82) is 0 Å². The maximum absolute atomic E-state index is 13.2. The minimum atomic E-state index is -0.307. The number of aryl methyl sites for hydroxylation is 1. The van der Waals surface area contributed by atoms with Crippen LogP contribution in [0.25, 0.3) is 22.4 Å². The molecule has 1 aliphatic heterocycles. The van der Waals surface area contributed by atoms with E-state index in [9.17, 15) is 9.18 Å². The van der Waals surface area contributed by atoms with Crippen molar-refractivity contribution in [3.8, 4) is 28.1 Å². The maximum Gasteiger partial charge on any atom is 0.262 e. The van der Waals surface area contributed by atoms with Crippen LogP contribution in [0.1, 0.15) is 5.76 Å². The highest BCUT2D eigenvalue weighted by Crippen LogP contribution is 2.38. The molecule has 1 aliphatic rings. The molecular formula is C18H13FN2O3. The molecule has 120 valence electrons. The molecule has 5 nitrogen and oxygen atoms in total. The number of aromatic nitrogens is 1. The molecular weight excluding hydrogens is 311 g/mol. The van der Waals surface area contributed by atoms with E-state index in [1.807, 2.05) is 19.1 Å². The number of fused-ring (bicyclic) bond motifs is 1. The zero-order valence-electron chi connectivity index (χ0n) is 12.8. The molecule has 24 heavy (non-hydrogen) atoms. The Morgan fingerprint density at radius 2 is 1.88 bits per heavy atom. The van der Waals surface area contributed by atoms with E-state index in [0.717, 1.165) is 16.7 Å². The highest BCUT2D eigenvalue weighted by Gasteiger charge is 2.21. The minimum Gasteiger partial charge on any atom is -0.482 e. The monoisotopic (exact) mass is 324 g/mol. The molecule has 0 fully saturated rings. The molecule has 4 rings (SSSR count). The standard InChI is InChI=1S/C18H13FN2O3/c1-10-17(18(21-24-10)11-2-5-13(19)6-3-11)12-4-7-14-15(8-12)23-9-16(22)20-14/h2-8H,9H2,1H3,(H,20,22). The van der Waals surface area contributed by atoms with E-state index in [2.05, 4.69) is 10.5 Å². The molecule has 0 unspecified atom stereocenters. The minimum absolute atomic E-state index is 0.0100. The van der Waals surface area contributed by atoms with Gasteiger partial charge in [0.05, 0.1) is 11.3 Å². The van der Waals surface area contributed by atoms with Crippen molar-refractivity contribution in [2.75, 3.05) is 11.9 Å². The number of nitrogens with one attached hydrogen (secondary N) is 1. The van der Waals surface area contributed by atoms with Crippen LogP contribution >= 0.6 is 0 Å². The van der Waals surface area contributed by atoms with Gasteiger partial charge in [0.1, 0.15) is 23.0 Å². The fourth-order valence-corrected chi connectivity index (χ4v) is 2.75. The van der Waals surface area contributed by atoms with E-state index < -0.39 is 0 Å². The Morgan fingerprint density at radius 1 is 1.12 bits per heavy atom. The van der Waals surface area contributed by atoms with Gasteiger partial charge in [-0.2, -0.15) is 0 Å². The molecule has 1 N–H and O–H groups in total. The molecule has 1 amide bonds. The predicted molar refractivity (Wildman–Crippen MR) is 86.2 cm³/mol. The van der Waals surface area contributed by atoms with E-state index in [0.29, 0.717) is 22.9 Å². The molecule has 0 saturated carbocycles. The Morgan fingerprint density at radius 3 is 2.67 bits per heavy atom. The number of anilines is 1. The fourth-order valence-electron chi connectivity index (χ4n) is 2.75. The van der Waals surface area contributed by atoms with E-state index in [1.54, 1.807) is 18.2 Å². The number of hydrogen-bond acceptors (Lipinski definition) is 4. The van der Waals surface area contributed by atoms with Crippen LogP contribution in [0.2, 0.25) is 0 Å². The SMILES string of the molecule is Cc1onc(-c2ccc(F)cc2)c1-c1ccc2c(c1)OCC(=O)N2. The molecule has 0 saturated heterocycles. The third-order valence-corrected chi connectivity index (χ3v) is 3.88. The largest absolute Gasteiger partial charge is 0.482 e. The lowest BCUT2D eigenvalue weighted by Gasteiger charge is -2.18. The Bertz CT molecular complexity index is 932. The van der Waals surface area contributed by atoms with E-state index in [1.165, 1.54) is 12.1 Å². The van der Waals surface area contributed by atoms with Crippen LogP contribution in [-0.4, -0.2) is 17.7 Å². The van der Waals surface area contributed by atoms with Crippen molar-refractivity contribution in [3.05, 3.63) is 54.0 Å². The highest BCUT2D eigenvalue weighted by atomic mass is 19.1. The summed E-state index contributed by atoms with van der Waals surface area (Å²) < 4.78 is 24.0. The molecule has 6 heteroatoms. The Balaban J connectivity index is 1.81. The average Bonchev–Trinajstić information content (AvgIpc) is 2.97. The lowest BCUT2D eigenvalue weighted by molar-refractivity contribution is -0.118. The summed E-state index contributed by atoms with van der Waals surface area (Å²) in [6, 6.07) is 11.6. The molecule has 2 heterocycles. The van der Waals surface area contributed by atoms with Gasteiger partial charge >= 0.3 is 0 Å². The summed E-state index contributed by atoms with van der Waals surface area (Å²) in [6.45, 7) is 1.81. The van der Waals surface area contributed by atoms with Crippen molar-refractivity contribution in [3.63, 3.8) is 0 Å². The van der Waals surface area contributed by atoms with E-state index >= 15 is 0 Å². The number of hydrogen-bond donors (Lipinski definition) is 1. The lowest BCUT2D eigenvalue weighted by atomic mass is 9.98.